The summed E-state index contributed by atoms with van der Waals surface area (Å²) in [6, 6.07) is 8.27. The molecule has 2 aromatic rings. The van der Waals surface area contributed by atoms with Crippen LogP contribution in [0.5, 0.6) is 0 Å². The van der Waals surface area contributed by atoms with E-state index in [2.05, 4.69) is 13.8 Å². The van der Waals surface area contributed by atoms with E-state index in [0.29, 0.717) is 12.1 Å². The van der Waals surface area contributed by atoms with Crippen LogP contribution < -0.4 is 28.5 Å². The van der Waals surface area contributed by atoms with E-state index in [1.54, 1.807) is 30.3 Å². The Morgan fingerprint density at radius 1 is 1.37 bits per heavy atom. The average molecular weight is 534 g/mol. The standard InChI is InChI=1S/C22H29F2N2O3.HI/c1-16(2)19-25(3)11-12-26(19)13-14-29-20(27)22(28,17-7-5-4-6-8-17)18-9-10-21(23,24)15-18;/h4-8,11-12,16,18,28H,9-10,13-15H2,1-3H3;1H/q+1;/p-1/t18-,22-;/m0./s1. The van der Waals surface area contributed by atoms with Gasteiger partial charge in [-0.2, -0.15) is 0 Å². The highest BCUT2D eigenvalue weighted by atomic mass is 127. The minimum atomic E-state index is -2.88. The first kappa shape index (κ1) is 24.7. The zero-order valence-corrected chi connectivity index (χ0v) is 19.7. The summed E-state index contributed by atoms with van der Waals surface area (Å²) in [5.74, 6) is -3.26. The lowest BCUT2D eigenvalue weighted by Crippen LogP contribution is -3.00. The number of aromatic nitrogens is 2. The van der Waals surface area contributed by atoms with Crippen molar-refractivity contribution < 1.29 is 52.0 Å². The van der Waals surface area contributed by atoms with Gasteiger partial charge in [0.1, 0.15) is 25.5 Å². The van der Waals surface area contributed by atoms with Gasteiger partial charge in [-0.1, -0.05) is 44.2 Å². The second kappa shape index (κ2) is 9.72. The minimum absolute atomic E-state index is 0. The molecule has 3 rings (SSSR count). The van der Waals surface area contributed by atoms with Crippen molar-refractivity contribution in [1.29, 1.82) is 0 Å². The molecule has 0 radical (unpaired) electrons. The maximum atomic E-state index is 13.8. The molecule has 1 aliphatic carbocycles. The minimum Gasteiger partial charge on any atom is -1.00 e. The number of nitrogens with zero attached hydrogens (tertiary/aromatic N) is 2. The number of ether oxygens (including phenoxy) is 1. The highest BCUT2D eigenvalue weighted by molar-refractivity contribution is 5.81. The third-order valence-electron chi connectivity index (χ3n) is 5.73. The van der Waals surface area contributed by atoms with Crippen LogP contribution in [0, 0.1) is 5.92 Å². The maximum absolute atomic E-state index is 13.8. The van der Waals surface area contributed by atoms with Gasteiger partial charge in [0, 0.05) is 18.8 Å². The van der Waals surface area contributed by atoms with Crippen molar-refractivity contribution in [2.45, 2.75) is 57.1 Å². The quantitative estimate of drug-likeness (QED) is 0.316. The number of alkyl halides is 2. The number of esters is 1. The van der Waals surface area contributed by atoms with E-state index in [-0.39, 0.29) is 49.3 Å². The van der Waals surface area contributed by atoms with Gasteiger partial charge in [-0.25, -0.2) is 22.7 Å². The molecule has 1 fully saturated rings. The van der Waals surface area contributed by atoms with E-state index in [0.717, 1.165) is 5.82 Å². The predicted octanol–water partition coefficient (Wildman–Crippen LogP) is 0.306. The van der Waals surface area contributed by atoms with E-state index in [9.17, 15) is 18.7 Å². The SMILES string of the molecule is CC(C)c1n(CCOC(=O)[C@](O)(c2ccccc2)[C@H]2CCC(F)(F)C2)cc[n+]1C.[I-]. The fraction of sp³-hybridized carbons (Fsp3) is 0.545. The zero-order valence-electron chi connectivity index (χ0n) is 17.5. The van der Waals surface area contributed by atoms with E-state index < -0.39 is 29.8 Å². The number of hydrogen-bond donors (Lipinski definition) is 1. The molecule has 1 aromatic carbocycles. The van der Waals surface area contributed by atoms with Crippen LogP contribution in [0.15, 0.2) is 42.7 Å². The number of benzene rings is 1. The Morgan fingerprint density at radius 2 is 2.03 bits per heavy atom. The van der Waals surface area contributed by atoms with Crippen LogP contribution in [-0.4, -0.2) is 28.2 Å². The smallest absolute Gasteiger partial charge is 0.343 e. The van der Waals surface area contributed by atoms with Crippen molar-refractivity contribution in [3.05, 3.63) is 54.1 Å². The molecule has 2 atom stereocenters. The van der Waals surface area contributed by atoms with Crippen LogP contribution in [0.25, 0.3) is 0 Å². The summed E-state index contributed by atoms with van der Waals surface area (Å²) in [4.78, 5) is 12.9. The highest BCUT2D eigenvalue weighted by Gasteiger charge is 2.54. The summed E-state index contributed by atoms with van der Waals surface area (Å²) in [5.41, 5.74) is -1.79. The van der Waals surface area contributed by atoms with E-state index in [1.807, 2.05) is 28.6 Å². The van der Waals surface area contributed by atoms with Gasteiger partial charge in [0.2, 0.25) is 5.92 Å². The summed E-state index contributed by atoms with van der Waals surface area (Å²) in [5, 5.41) is 11.3. The zero-order chi connectivity index (χ0) is 21.2. The number of aryl methyl sites for hydroxylation is 1. The first-order valence-corrected chi connectivity index (χ1v) is 10.0. The molecule has 0 spiro atoms. The van der Waals surface area contributed by atoms with Gasteiger partial charge in [-0.05, 0) is 12.0 Å². The van der Waals surface area contributed by atoms with Crippen LogP contribution in [0.3, 0.4) is 0 Å². The molecule has 8 heteroatoms. The summed E-state index contributed by atoms with van der Waals surface area (Å²) in [7, 11) is 1.95. The second-order valence-electron chi connectivity index (χ2n) is 8.18. The number of carbonyl (C=O) groups excluding carboxylic acids is 1. The molecule has 0 saturated heterocycles. The Labute approximate surface area is 193 Å². The monoisotopic (exact) mass is 534 g/mol. The van der Waals surface area contributed by atoms with Crippen molar-refractivity contribution in [3.63, 3.8) is 0 Å². The predicted molar refractivity (Wildman–Crippen MR) is 103 cm³/mol. The Balaban J connectivity index is 0.00000320. The second-order valence-corrected chi connectivity index (χ2v) is 8.18. The normalized spacial score (nSPS) is 19.9. The summed E-state index contributed by atoms with van der Waals surface area (Å²) in [6.07, 6.45) is 3.04. The molecular weight excluding hydrogens is 505 g/mol. The van der Waals surface area contributed by atoms with Crippen molar-refractivity contribution in [2.75, 3.05) is 6.61 Å². The average Bonchev–Trinajstić information content (AvgIpc) is 3.23. The summed E-state index contributed by atoms with van der Waals surface area (Å²) in [6.45, 7) is 4.62. The highest BCUT2D eigenvalue weighted by Crippen LogP contribution is 2.47. The number of imidazole rings is 1. The molecule has 166 valence electrons. The molecule has 1 aliphatic rings. The third-order valence-corrected chi connectivity index (χ3v) is 5.73. The largest absolute Gasteiger partial charge is 1.00 e. The van der Waals surface area contributed by atoms with Gasteiger partial charge in [-0.15, -0.1) is 0 Å². The van der Waals surface area contributed by atoms with Gasteiger partial charge in [0.05, 0.1) is 13.0 Å². The molecule has 1 heterocycles. The number of hydrogen-bond acceptors (Lipinski definition) is 3. The Kier molecular flexibility index (Phi) is 8.01. The van der Waals surface area contributed by atoms with Crippen LogP contribution in [0.4, 0.5) is 8.78 Å². The van der Waals surface area contributed by atoms with Crippen LogP contribution in [-0.2, 0) is 28.7 Å². The lowest BCUT2D eigenvalue weighted by atomic mass is 9.80. The first-order valence-electron chi connectivity index (χ1n) is 10.0. The Morgan fingerprint density at radius 3 is 2.60 bits per heavy atom. The molecule has 0 unspecified atom stereocenters. The van der Waals surface area contributed by atoms with Crippen molar-refractivity contribution in [1.82, 2.24) is 4.57 Å². The summed E-state index contributed by atoms with van der Waals surface area (Å²) >= 11 is 0. The number of rotatable bonds is 7. The lowest BCUT2D eigenvalue weighted by molar-refractivity contribution is -0.680. The van der Waals surface area contributed by atoms with Gasteiger partial charge >= 0.3 is 5.97 Å². The molecule has 0 aliphatic heterocycles. The van der Waals surface area contributed by atoms with Crippen LogP contribution in [0.1, 0.15) is 50.4 Å². The van der Waals surface area contributed by atoms with Crippen molar-refractivity contribution in [2.24, 2.45) is 13.0 Å². The molecule has 0 bridgehead atoms. The fourth-order valence-corrected chi connectivity index (χ4v) is 4.33. The Hall–Kier alpha value is -1.55. The number of halogens is 3. The summed E-state index contributed by atoms with van der Waals surface area (Å²) < 4.78 is 37.1. The fourth-order valence-electron chi connectivity index (χ4n) is 4.33. The van der Waals surface area contributed by atoms with Crippen LogP contribution in [0.2, 0.25) is 0 Å². The van der Waals surface area contributed by atoms with Gasteiger partial charge in [0.25, 0.3) is 5.82 Å². The molecule has 0 amide bonds. The topological polar surface area (TPSA) is 55.3 Å². The van der Waals surface area contributed by atoms with Gasteiger partial charge in [-0.3, -0.25) is 0 Å². The van der Waals surface area contributed by atoms with Gasteiger partial charge < -0.3 is 33.8 Å². The molecule has 1 saturated carbocycles. The molecule has 1 N–H and O–H groups in total. The third kappa shape index (κ3) is 5.01. The number of carbonyl (C=O) groups is 1. The maximum Gasteiger partial charge on any atom is 0.343 e. The van der Waals surface area contributed by atoms with Crippen molar-refractivity contribution in [3.8, 4) is 0 Å². The van der Waals surface area contributed by atoms with Crippen molar-refractivity contribution >= 4 is 5.97 Å². The lowest BCUT2D eigenvalue weighted by Gasteiger charge is -2.32. The van der Waals surface area contributed by atoms with E-state index in [1.165, 1.54) is 0 Å². The number of aliphatic hydroxyl groups is 1. The molecular formula is C22H29F2IN2O3. The Bertz CT molecular complexity index is 857. The first-order chi connectivity index (χ1) is 13.6. The van der Waals surface area contributed by atoms with Crippen LogP contribution >= 0.6 is 0 Å². The molecule has 5 nitrogen and oxygen atoms in total. The van der Waals surface area contributed by atoms with E-state index >= 15 is 0 Å². The van der Waals surface area contributed by atoms with E-state index in [4.69, 9.17) is 4.74 Å². The molecule has 30 heavy (non-hydrogen) atoms. The van der Waals surface area contributed by atoms with Gasteiger partial charge in [0.15, 0.2) is 5.60 Å². The molecule has 1 aromatic heterocycles.